The van der Waals surface area contributed by atoms with Gasteiger partial charge in [-0.15, -0.1) is 11.3 Å². The molecule has 0 aliphatic heterocycles. The molecule has 0 atom stereocenters. The first kappa shape index (κ1) is 14.2. The van der Waals surface area contributed by atoms with Gasteiger partial charge in [0.2, 0.25) is 0 Å². The van der Waals surface area contributed by atoms with Crippen LogP contribution < -0.4 is 0 Å². The molecule has 108 valence electrons. The quantitative estimate of drug-likeness (QED) is 0.739. The van der Waals surface area contributed by atoms with Crippen LogP contribution >= 0.6 is 23.6 Å². The Bertz CT molecular complexity index is 770. The van der Waals surface area contributed by atoms with Crippen molar-refractivity contribution in [3.05, 3.63) is 51.7 Å². The molecule has 1 N–H and O–H groups in total. The summed E-state index contributed by atoms with van der Waals surface area (Å²) in [7, 11) is 0. The van der Waals surface area contributed by atoms with E-state index in [1.165, 1.54) is 4.88 Å². The van der Waals surface area contributed by atoms with Crippen LogP contribution in [-0.2, 0) is 12.0 Å². The molecular formula is C15H16N4S2. The van der Waals surface area contributed by atoms with Crippen molar-refractivity contribution in [2.45, 2.75) is 25.8 Å². The van der Waals surface area contributed by atoms with Crippen molar-refractivity contribution in [1.29, 1.82) is 0 Å². The molecule has 3 aromatic heterocycles. The highest BCUT2D eigenvalue weighted by Crippen LogP contribution is 2.30. The molecule has 21 heavy (non-hydrogen) atoms. The Balaban J connectivity index is 2.00. The van der Waals surface area contributed by atoms with Crippen LogP contribution in [0.2, 0.25) is 0 Å². The number of nitrogens with one attached hydrogen (secondary N) is 1. The van der Waals surface area contributed by atoms with Crippen molar-refractivity contribution in [2.75, 3.05) is 0 Å². The van der Waals surface area contributed by atoms with Gasteiger partial charge in [-0.25, -0.2) is 0 Å². The van der Waals surface area contributed by atoms with Crippen LogP contribution in [0.5, 0.6) is 0 Å². The highest BCUT2D eigenvalue weighted by atomic mass is 32.1. The van der Waals surface area contributed by atoms with Gasteiger partial charge in [-0.05, 0) is 35.8 Å². The second-order valence-corrected chi connectivity index (χ2v) is 6.87. The number of aromatic nitrogens is 4. The second kappa shape index (κ2) is 5.54. The molecule has 0 bridgehead atoms. The van der Waals surface area contributed by atoms with Crippen molar-refractivity contribution in [2.24, 2.45) is 0 Å². The van der Waals surface area contributed by atoms with Crippen LogP contribution in [-0.4, -0.2) is 19.7 Å². The normalized spacial score (nSPS) is 11.7. The Hall–Kier alpha value is -1.79. The Labute approximate surface area is 132 Å². The second-order valence-electron chi connectivity index (χ2n) is 5.54. The van der Waals surface area contributed by atoms with Gasteiger partial charge in [-0.2, -0.15) is 5.10 Å². The Morgan fingerprint density at radius 3 is 2.71 bits per heavy atom. The minimum absolute atomic E-state index is 0.00194. The van der Waals surface area contributed by atoms with E-state index in [9.17, 15) is 0 Å². The monoisotopic (exact) mass is 316 g/mol. The average Bonchev–Trinajstić information content (AvgIpc) is 3.11. The van der Waals surface area contributed by atoms with E-state index in [1.54, 1.807) is 23.7 Å². The van der Waals surface area contributed by atoms with Crippen LogP contribution in [0.3, 0.4) is 0 Å². The Morgan fingerprint density at radius 2 is 2.05 bits per heavy atom. The van der Waals surface area contributed by atoms with Crippen molar-refractivity contribution in [3.8, 4) is 11.4 Å². The number of H-pyrrole nitrogens is 1. The first-order valence-electron chi connectivity index (χ1n) is 6.67. The number of thiophene rings is 1. The van der Waals surface area contributed by atoms with Gasteiger partial charge in [0.15, 0.2) is 10.6 Å². The minimum atomic E-state index is -0.00194. The van der Waals surface area contributed by atoms with Gasteiger partial charge in [-0.3, -0.25) is 14.6 Å². The van der Waals surface area contributed by atoms with Gasteiger partial charge in [-0.1, -0.05) is 19.9 Å². The van der Waals surface area contributed by atoms with Gasteiger partial charge in [0.1, 0.15) is 0 Å². The highest BCUT2D eigenvalue weighted by Gasteiger charge is 2.24. The fraction of sp³-hybridized carbons (Fsp3) is 0.267. The lowest BCUT2D eigenvalue weighted by Crippen LogP contribution is -2.24. The van der Waals surface area contributed by atoms with E-state index in [1.807, 2.05) is 12.1 Å². The molecule has 3 aromatic rings. The largest absolute Gasteiger partial charge is 0.299 e. The van der Waals surface area contributed by atoms with E-state index in [0.717, 1.165) is 17.9 Å². The van der Waals surface area contributed by atoms with E-state index in [2.05, 4.69) is 51.1 Å². The van der Waals surface area contributed by atoms with E-state index >= 15 is 0 Å². The molecule has 0 aliphatic carbocycles. The van der Waals surface area contributed by atoms with Crippen LogP contribution in [0.25, 0.3) is 11.4 Å². The fourth-order valence-corrected chi connectivity index (χ4v) is 3.36. The molecule has 0 saturated heterocycles. The number of rotatable bonds is 4. The van der Waals surface area contributed by atoms with E-state index in [4.69, 9.17) is 12.2 Å². The van der Waals surface area contributed by atoms with Gasteiger partial charge in [0.05, 0.1) is 0 Å². The molecule has 4 nitrogen and oxygen atoms in total. The zero-order valence-electron chi connectivity index (χ0n) is 11.9. The smallest absolute Gasteiger partial charge is 0.195 e. The highest BCUT2D eigenvalue weighted by molar-refractivity contribution is 7.71. The Morgan fingerprint density at radius 1 is 1.29 bits per heavy atom. The lowest BCUT2D eigenvalue weighted by atomic mass is 9.91. The SMILES string of the molecule is CC(C)(Cn1c(-c2ccncc2)n[nH]c1=S)c1cccs1. The zero-order chi connectivity index (χ0) is 14.9. The Kier molecular flexibility index (Phi) is 3.73. The van der Waals surface area contributed by atoms with Gasteiger partial charge < -0.3 is 0 Å². The van der Waals surface area contributed by atoms with E-state index in [-0.39, 0.29) is 5.41 Å². The molecule has 0 fully saturated rings. The molecule has 0 unspecified atom stereocenters. The predicted octanol–water partition coefficient (Wildman–Crippen LogP) is 4.04. The summed E-state index contributed by atoms with van der Waals surface area (Å²) < 4.78 is 2.70. The van der Waals surface area contributed by atoms with Crippen LogP contribution in [0.1, 0.15) is 18.7 Å². The molecular weight excluding hydrogens is 300 g/mol. The van der Waals surface area contributed by atoms with E-state index < -0.39 is 0 Å². The summed E-state index contributed by atoms with van der Waals surface area (Å²) in [6.07, 6.45) is 3.53. The van der Waals surface area contributed by atoms with Gasteiger partial charge >= 0.3 is 0 Å². The topological polar surface area (TPSA) is 46.5 Å². The van der Waals surface area contributed by atoms with Gasteiger partial charge in [0, 0.05) is 34.8 Å². The first-order valence-corrected chi connectivity index (χ1v) is 7.96. The summed E-state index contributed by atoms with van der Waals surface area (Å²) >= 11 is 7.17. The summed E-state index contributed by atoms with van der Waals surface area (Å²) in [5.41, 5.74) is 1.01. The maximum atomic E-state index is 5.40. The number of aromatic amines is 1. The molecule has 0 amide bonds. The lowest BCUT2D eigenvalue weighted by Gasteiger charge is -2.24. The summed E-state index contributed by atoms with van der Waals surface area (Å²) in [5.74, 6) is 0.854. The third-order valence-electron chi connectivity index (χ3n) is 3.44. The summed E-state index contributed by atoms with van der Waals surface area (Å²) in [6, 6.07) is 8.14. The molecule has 0 radical (unpaired) electrons. The molecule has 0 aromatic carbocycles. The van der Waals surface area contributed by atoms with Gasteiger partial charge in [0.25, 0.3) is 0 Å². The van der Waals surface area contributed by atoms with Crippen molar-refractivity contribution in [3.63, 3.8) is 0 Å². The molecule has 0 saturated carbocycles. The van der Waals surface area contributed by atoms with Crippen molar-refractivity contribution >= 4 is 23.6 Å². The van der Waals surface area contributed by atoms with Crippen LogP contribution in [0.15, 0.2) is 42.0 Å². The van der Waals surface area contributed by atoms with Crippen LogP contribution in [0.4, 0.5) is 0 Å². The minimum Gasteiger partial charge on any atom is -0.299 e. The maximum Gasteiger partial charge on any atom is 0.195 e. The molecule has 6 heteroatoms. The number of hydrogen-bond acceptors (Lipinski definition) is 4. The molecule has 0 spiro atoms. The molecule has 0 aliphatic rings. The van der Waals surface area contributed by atoms with Crippen LogP contribution in [0, 0.1) is 4.77 Å². The third kappa shape index (κ3) is 2.82. The number of nitrogens with zero attached hydrogens (tertiary/aromatic N) is 3. The zero-order valence-corrected chi connectivity index (χ0v) is 13.5. The lowest BCUT2D eigenvalue weighted by molar-refractivity contribution is 0.441. The maximum absolute atomic E-state index is 5.40. The predicted molar refractivity (Wildman–Crippen MR) is 88.0 cm³/mol. The molecule has 3 rings (SSSR count). The summed E-state index contributed by atoms with van der Waals surface area (Å²) in [5, 5.41) is 9.38. The molecule has 3 heterocycles. The first-order chi connectivity index (χ1) is 10.1. The standard InChI is InChI=1S/C15H16N4S2/c1-15(2,12-4-3-9-21-12)10-19-13(17-18-14(19)20)11-5-7-16-8-6-11/h3-9H,10H2,1-2H3,(H,18,20). The summed E-state index contributed by atoms with van der Waals surface area (Å²) in [4.78, 5) is 5.39. The summed E-state index contributed by atoms with van der Waals surface area (Å²) in [6.45, 7) is 5.23. The number of pyridine rings is 1. The number of hydrogen-bond donors (Lipinski definition) is 1. The fourth-order valence-electron chi connectivity index (χ4n) is 2.32. The van der Waals surface area contributed by atoms with Crippen molar-refractivity contribution in [1.82, 2.24) is 19.7 Å². The van der Waals surface area contributed by atoms with Crippen molar-refractivity contribution < 1.29 is 0 Å². The third-order valence-corrected chi connectivity index (χ3v) is 4.99. The average molecular weight is 316 g/mol. The van der Waals surface area contributed by atoms with E-state index in [0.29, 0.717) is 4.77 Å².